The quantitative estimate of drug-likeness (QED) is 0.672. The summed E-state index contributed by atoms with van der Waals surface area (Å²) >= 11 is 0. The maximum absolute atomic E-state index is 12.1. The molecule has 1 aliphatic heterocycles. The number of aromatic nitrogens is 3. The molecule has 0 amide bonds. The van der Waals surface area contributed by atoms with Gasteiger partial charge in [0.05, 0.1) is 6.20 Å². The molecule has 1 fully saturated rings. The summed E-state index contributed by atoms with van der Waals surface area (Å²) in [5.74, 6) is 0.115. The minimum Gasteiger partial charge on any atom is -0.304 e. The average Bonchev–Trinajstić information content (AvgIpc) is 2.70. The number of hydrogen-bond acceptors (Lipinski definition) is 5. The van der Waals surface area contributed by atoms with Crippen LogP contribution in [0.15, 0.2) is 6.20 Å². The molecule has 1 saturated heterocycles. The topological polar surface area (TPSA) is 54.3 Å². The van der Waals surface area contributed by atoms with Crippen molar-refractivity contribution >= 4 is 5.78 Å². The normalized spacial score (nSPS) is 22.9. The second-order valence-electron chi connectivity index (χ2n) is 4.77. The van der Waals surface area contributed by atoms with E-state index in [0.717, 1.165) is 19.6 Å². The largest absolute Gasteiger partial charge is 0.304 e. The number of carbonyl (C=O) groups is 1. The van der Waals surface area contributed by atoms with Crippen LogP contribution >= 0.6 is 0 Å². The van der Waals surface area contributed by atoms with E-state index in [1.54, 1.807) is 7.05 Å². The third-order valence-electron chi connectivity index (χ3n) is 3.40. The molecule has 0 aliphatic carbocycles. The summed E-state index contributed by atoms with van der Waals surface area (Å²) < 4.78 is 1.54. The Bertz CT molecular complexity index is 402. The van der Waals surface area contributed by atoms with Crippen molar-refractivity contribution < 1.29 is 4.79 Å². The standard InChI is InChI=1S/C11H19N5O/c1-14-4-5-15(2)9(8-14)6-11(17)10-7-12-13-16(10)3/h7,9H,4-6,8H2,1-3H3. The lowest BCUT2D eigenvalue weighted by Crippen LogP contribution is -2.50. The molecule has 6 heteroatoms. The Kier molecular flexibility index (Phi) is 3.54. The third kappa shape index (κ3) is 2.70. The first-order valence-electron chi connectivity index (χ1n) is 5.84. The molecular formula is C11H19N5O. The lowest BCUT2D eigenvalue weighted by atomic mass is 10.0. The number of nitrogens with zero attached hydrogens (tertiary/aromatic N) is 5. The van der Waals surface area contributed by atoms with E-state index in [1.165, 1.54) is 10.9 Å². The zero-order valence-corrected chi connectivity index (χ0v) is 10.6. The minimum atomic E-state index is 0.115. The molecule has 1 aliphatic rings. The molecule has 0 N–H and O–H groups in total. The van der Waals surface area contributed by atoms with Crippen molar-refractivity contribution in [3.05, 3.63) is 11.9 Å². The highest BCUT2D eigenvalue weighted by Gasteiger charge is 2.25. The van der Waals surface area contributed by atoms with Crippen molar-refractivity contribution in [1.82, 2.24) is 24.8 Å². The Morgan fingerprint density at radius 2 is 2.18 bits per heavy atom. The molecule has 0 bridgehead atoms. The van der Waals surface area contributed by atoms with E-state index in [1.807, 2.05) is 0 Å². The van der Waals surface area contributed by atoms with Crippen LogP contribution in [-0.2, 0) is 7.05 Å². The predicted octanol–water partition coefficient (Wildman–Crippen LogP) is -0.366. The molecular weight excluding hydrogens is 218 g/mol. The number of piperazine rings is 1. The Labute approximate surface area is 101 Å². The SMILES string of the molecule is CN1CCN(C)C(CC(=O)c2cnnn2C)C1. The first-order valence-corrected chi connectivity index (χ1v) is 5.84. The van der Waals surface area contributed by atoms with Crippen LogP contribution in [0.4, 0.5) is 0 Å². The van der Waals surface area contributed by atoms with Crippen LogP contribution in [0.1, 0.15) is 16.9 Å². The smallest absolute Gasteiger partial charge is 0.184 e. The molecule has 0 radical (unpaired) electrons. The second kappa shape index (κ2) is 4.93. The van der Waals surface area contributed by atoms with Crippen molar-refractivity contribution in [2.24, 2.45) is 7.05 Å². The summed E-state index contributed by atoms with van der Waals surface area (Å²) in [6.07, 6.45) is 2.07. The maximum atomic E-state index is 12.1. The van der Waals surface area contributed by atoms with Crippen molar-refractivity contribution in [1.29, 1.82) is 0 Å². The summed E-state index contributed by atoms with van der Waals surface area (Å²) in [5, 5.41) is 7.52. The van der Waals surface area contributed by atoms with E-state index in [0.29, 0.717) is 12.1 Å². The predicted molar refractivity (Wildman–Crippen MR) is 63.9 cm³/mol. The number of likely N-dealkylation sites (N-methyl/N-ethyl adjacent to an activating group) is 2. The second-order valence-corrected chi connectivity index (χ2v) is 4.77. The lowest BCUT2D eigenvalue weighted by Gasteiger charge is -2.37. The number of ketones is 1. The first kappa shape index (κ1) is 12.2. The van der Waals surface area contributed by atoms with Gasteiger partial charge >= 0.3 is 0 Å². The summed E-state index contributed by atoms with van der Waals surface area (Å²) in [7, 11) is 5.92. The van der Waals surface area contributed by atoms with Crippen LogP contribution in [0.3, 0.4) is 0 Å². The average molecular weight is 237 g/mol. The number of carbonyl (C=O) groups excluding carboxylic acids is 1. The molecule has 94 valence electrons. The van der Waals surface area contributed by atoms with E-state index in [-0.39, 0.29) is 11.8 Å². The molecule has 0 saturated carbocycles. The minimum absolute atomic E-state index is 0.115. The highest BCUT2D eigenvalue weighted by atomic mass is 16.1. The molecule has 1 atom stereocenters. The van der Waals surface area contributed by atoms with Gasteiger partial charge in [-0.2, -0.15) is 0 Å². The van der Waals surface area contributed by atoms with Gasteiger partial charge in [0.2, 0.25) is 0 Å². The number of aryl methyl sites for hydroxylation is 1. The highest BCUT2D eigenvalue weighted by Crippen LogP contribution is 2.12. The molecule has 0 aromatic carbocycles. The fourth-order valence-corrected chi connectivity index (χ4v) is 2.18. The Morgan fingerprint density at radius 3 is 2.82 bits per heavy atom. The fraction of sp³-hybridized carbons (Fsp3) is 0.727. The van der Waals surface area contributed by atoms with E-state index in [2.05, 4.69) is 34.2 Å². The summed E-state index contributed by atoms with van der Waals surface area (Å²) in [4.78, 5) is 16.6. The summed E-state index contributed by atoms with van der Waals surface area (Å²) in [6, 6.07) is 0.288. The molecule has 1 aromatic heterocycles. The van der Waals surface area contributed by atoms with Gasteiger partial charge in [-0.15, -0.1) is 5.10 Å². The van der Waals surface area contributed by atoms with E-state index in [4.69, 9.17) is 0 Å². The molecule has 2 rings (SSSR count). The number of Topliss-reactive ketones (excluding diaryl/α,β-unsaturated/α-hetero) is 1. The maximum Gasteiger partial charge on any atom is 0.184 e. The van der Waals surface area contributed by atoms with Crippen LogP contribution in [0.2, 0.25) is 0 Å². The molecule has 1 aromatic rings. The van der Waals surface area contributed by atoms with Gasteiger partial charge in [-0.3, -0.25) is 4.79 Å². The summed E-state index contributed by atoms with van der Waals surface area (Å²) in [6.45, 7) is 3.01. The Morgan fingerprint density at radius 1 is 1.41 bits per heavy atom. The van der Waals surface area contributed by atoms with Gasteiger partial charge in [-0.1, -0.05) is 5.21 Å². The van der Waals surface area contributed by atoms with Gasteiger partial charge in [0, 0.05) is 39.1 Å². The molecule has 1 unspecified atom stereocenters. The van der Waals surface area contributed by atoms with Crippen molar-refractivity contribution in [2.45, 2.75) is 12.5 Å². The Hall–Kier alpha value is -1.27. The zero-order chi connectivity index (χ0) is 12.4. The van der Waals surface area contributed by atoms with Crippen LogP contribution in [-0.4, -0.2) is 70.3 Å². The van der Waals surface area contributed by atoms with Gasteiger partial charge in [0.1, 0.15) is 5.69 Å². The van der Waals surface area contributed by atoms with Crippen molar-refractivity contribution in [3.63, 3.8) is 0 Å². The van der Waals surface area contributed by atoms with Gasteiger partial charge in [0.15, 0.2) is 5.78 Å². The van der Waals surface area contributed by atoms with Gasteiger partial charge in [0.25, 0.3) is 0 Å². The van der Waals surface area contributed by atoms with Crippen LogP contribution in [0.25, 0.3) is 0 Å². The van der Waals surface area contributed by atoms with Crippen molar-refractivity contribution in [3.8, 4) is 0 Å². The number of hydrogen-bond donors (Lipinski definition) is 0. The molecule has 6 nitrogen and oxygen atoms in total. The fourth-order valence-electron chi connectivity index (χ4n) is 2.18. The Balaban J connectivity index is 2.01. The number of rotatable bonds is 3. The van der Waals surface area contributed by atoms with Crippen LogP contribution < -0.4 is 0 Å². The highest BCUT2D eigenvalue weighted by molar-refractivity contribution is 5.94. The van der Waals surface area contributed by atoms with Crippen molar-refractivity contribution in [2.75, 3.05) is 33.7 Å². The van der Waals surface area contributed by atoms with E-state index in [9.17, 15) is 4.79 Å². The monoisotopic (exact) mass is 237 g/mol. The third-order valence-corrected chi connectivity index (χ3v) is 3.40. The van der Waals surface area contributed by atoms with Gasteiger partial charge < -0.3 is 9.80 Å². The van der Waals surface area contributed by atoms with Crippen LogP contribution in [0, 0.1) is 0 Å². The lowest BCUT2D eigenvalue weighted by molar-refractivity contribution is 0.0802. The van der Waals surface area contributed by atoms with E-state index < -0.39 is 0 Å². The van der Waals surface area contributed by atoms with Gasteiger partial charge in [-0.25, -0.2) is 4.68 Å². The summed E-state index contributed by atoms with van der Waals surface area (Å²) in [5.41, 5.74) is 0.589. The first-order chi connectivity index (χ1) is 8.08. The van der Waals surface area contributed by atoms with E-state index >= 15 is 0 Å². The molecule has 17 heavy (non-hydrogen) atoms. The van der Waals surface area contributed by atoms with Crippen LogP contribution in [0.5, 0.6) is 0 Å². The zero-order valence-electron chi connectivity index (χ0n) is 10.6. The van der Waals surface area contributed by atoms with Gasteiger partial charge in [-0.05, 0) is 14.1 Å². The molecule has 2 heterocycles. The molecule has 0 spiro atoms.